The first-order chi connectivity index (χ1) is 6.24. The van der Waals surface area contributed by atoms with Crippen molar-refractivity contribution < 1.29 is 14.6 Å². The van der Waals surface area contributed by atoms with Crippen molar-refractivity contribution in [2.75, 3.05) is 19.8 Å². The average Bonchev–Trinajstić information content (AvgIpc) is 2.19. The van der Waals surface area contributed by atoms with E-state index in [2.05, 4.69) is 6.58 Å². The predicted molar refractivity (Wildman–Crippen MR) is 50.6 cm³/mol. The van der Waals surface area contributed by atoms with Crippen molar-refractivity contribution in [1.29, 1.82) is 0 Å². The second-order valence-corrected chi connectivity index (χ2v) is 3.36. The van der Waals surface area contributed by atoms with Gasteiger partial charge in [-0.3, -0.25) is 0 Å². The highest BCUT2D eigenvalue weighted by Crippen LogP contribution is 2.14. The molecule has 3 nitrogen and oxygen atoms in total. The van der Waals surface area contributed by atoms with Gasteiger partial charge in [-0.2, -0.15) is 0 Å². The van der Waals surface area contributed by atoms with Gasteiger partial charge in [-0.1, -0.05) is 19.1 Å². The summed E-state index contributed by atoms with van der Waals surface area (Å²) >= 11 is 0. The topological polar surface area (TPSA) is 38.7 Å². The molecule has 0 bridgehead atoms. The number of aliphatic hydroxyl groups excluding tert-OH is 1. The zero-order valence-electron chi connectivity index (χ0n) is 8.16. The third-order valence-electron chi connectivity index (χ3n) is 2.27. The van der Waals surface area contributed by atoms with E-state index in [0.29, 0.717) is 26.2 Å². The molecule has 1 heterocycles. The van der Waals surface area contributed by atoms with Crippen LogP contribution >= 0.6 is 0 Å². The summed E-state index contributed by atoms with van der Waals surface area (Å²) in [6.45, 7) is 7.61. The van der Waals surface area contributed by atoms with E-state index in [1.165, 1.54) is 0 Å². The van der Waals surface area contributed by atoms with E-state index < -0.39 is 6.10 Å². The third-order valence-corrected chi connectivity index (χ3v) is 2.27. The Bertz CT molecular complexity index is 162. The Morgan fingerprint density at radius 3 is 2.92 bits per heavy atom. The maximum absolute atomic E-state index is 9.71. The quantitative estimate of drug-likeness (QED) is 0.669. The lowest BCUT2D eigenvalue weighted by Gasteiger charge is -2.27. The second kappa shape index (κ2) is 5.37. The van der Waals surface area contributed by atoms with E-state index in [4.69, 9.17) is 9.47 Å². The number of hydrogen-bond donors (Lipinski definition) is 1. The van der Waals surface area contributed by atoms with Crippen LogP contribution in [0.2, 0.25) is 0 Å². The highest BCUT2D eigenvalue weighted by atomic mass is 16.6. The molecule has 1 N–H and O–H groups in total. The van der Waals surface area contributed by atoms with E-state index in [-0.39, 0.29) is 6.10 Å². The Morgan fingerprint density at radius 2 is 2.38 bits per heavy atom. The van der Waals surface area contributed by atoms with E-state index >= 15 is 0 Å². The Kier molecular flexibility index (Phi) is 4.42. The van der Waals surface area contributed by atoms with Crippen molar-refractivity contribution in [2.45, 2.75) is 32.0 Å². The van der Waals surface area contributed by atoms with Crippen LogP contribution in [0.3, 0.4) is 0 Å². The summed E-state index contributed by atoms with van der Waals surface area (Å²) < 4.78 is 10.6. The Labute approximate surface area is 79.3 Å². The lowest BCUT2D eigenvalue weighted by atomic mass is 10.0. The third kappa shape index (κ3) is 3.46. The molecule has 1 aliphatic rings. The standard InChI is InChI=1S/C10H18O3/c1-3-8(2)6-9(11)10-7-12-4-5-13-10/h9-11H,2-7H2,1H3. The Morgan fingerprint density at radius 1 is 1.62 bits per heavy atom. The molecule has 2 unspecified atom stereocenters. The summed E-state index contributed by atoms with van der Waals surface area (Å²) in [5.41, 5.74) is 1.06. The molecule has 0 spiro atoms. The van der Waals surface area contributed by atoms with Crippen LogP contribution < -0.4 is 0 Å². The fourth-order valence-corrected chi connectivity index (χ4v) is 1.30. The second-order valence-electron chi connectivity index (χ2n) is 3.36. The fraction of sp³-hybridized carbons (Fsp3) is 0.800. The normalized spacial score (nSPS) is 25.5. The molecule has 1 aliphatic heterocycles. The monoisotopic (exact) mass is 186 g/mol. The van der Waals surface area contributed by atoms with Gasteiger partial charge in [0.2, 0.25) is 0 Å². The summed E-state index contributed by atoms with van der Waals surface area (Å²) in [5, 5.41) is 9.71. The molecular weight excluding hydrogens is 168 g/mol. The average molecular weight is 186 g/mol. The first-order valence-electron chi connectivity index (χ1n) is 4.78. The minimum absolute atomic E-state index is 0.169. The maximum Gasteiger partial charge on any atom is 0.107 e. The van der Waals surface area contributed by atoms with Crippen molar-refractivity contribution in [2.24, 2.45) is 0 Å². The van der Waals surface area contributed by atoms with Crippen LogP contribution in [0.15, 0.2) is 12.2 Å². The van der Waals surface area contributed by atoms with Gasteiger partial charge in [-0.15, -0.1) is 0 Å². The molecule has 1 fully saturated rings. The SMILES string of the molecule is C=C(CC)CC(O)C1COCCO1. The van der Waals surface area contributed by atoms with Gasteiger partial charge in [0.25, 0.3) is 0 Å². The molecule has 0 aromatic rings. The zero-order valence-corrected chi connectivity index (χ0v) is 8.16. The molecule has 1 rings (SSSR count). The lowest BCUT2D eigenvalue weighted by Crippen LogP contribution is -2.38. The van der Waals surface area contributed by atoms with Gasteiger partial charge in [0, 0.05) is 0 Å². The molecule has 2 atom stereocenters. The van der Waals surface area contributed by atoms with Gasteiger partial charge in [-0.25, -0.2) is 0 Å². The molecule has 0 radical (unpaired) electrons. The van der Waals surface area contributed by atoms with Gasteiger partial charge in [0.1, 0.15) is 6.10 Å². The van der Waals surface area contributed by atoms with Gasteiger partial charge < -0.3 is 14.6 Å². The predicted octanol–water partition coefficient (Wildman–Crippen LogP) is 1.12. The van der Waals surface area contributed by atoms with Crippen LogP contribution in [0.4, 0.5) is 0 Å². The molecule has 76 valence electrons. The minimum Gasteiger partial charge on any atom is -0.390 e. The summed E-state index contributed by atoms with van der Waals surface area (Å²) in [4.78, 5) is 0. The van der Waals surface area contributed by atoms with E-state index in [1.54, 1.807) is 0 Å². The van der Waals surface area contributed by atoms with Crippen LogP contribution in [0, 0.1) is 0 Å². The summed E-state index contributed by atoms with van der Waals surface area (Å²) in [7, 11) is 0. The molecule has 0 saturated carbocycles. The fourth-order valence-electron chi connectivity index (χ4n) is 1.30. The summed E-state index contributed by atoms with van der Waals surface area (Å²) in [6.07, 6.45) is 0.889. The number of rotatable bonds is 4. The van der Waals surface area contributed by atoms with Gasteiger partial charge in [0.05, 0.1) is 25.9 Å². The minimum atomic E-state index is -0.465. The first-order valence-corrected chi connectivity index (χ1v) is 4.78. The van der Waals surface area contributed by atoms with Crippen molar-refractivity contribution in [3.8, 4) is 0 Å². The van der Waals surface area contributed by atoms with Crippen LogP contribution in [0.25, 0.3) is 0 Å². The molecular formula is C10H18O3. The smallest absolute Gasteiger partial charge is 0.107 e. The number of hydrogen-bond acceptors (Lipinski definition) is 3. The van der Waals surface area contributed by atoms with Gasteiger partial charge in [0.15, 0.2) is 0 Å². The van der Waals surface area contributed by atoms with Crippen LogP contribution in [0.5, 0.6) is 0 Å². The molecule has 0 amide bonds. The highest BCUT2D eigenvalue weighted by Gasteiger charge is 2.23. The molecule has 13 heavy (non-hydrogen) atoms. The van der Waals surface area contributed by atoms with Crippen molar-refractivity contribution >= 4 is 0 Å². The Balaban J connectivity index is 2.28. The molecule has 3 heteroatoms. The highest BCUT2D eigenvalue weighted by molar-refractivity contribution is 4.96. The van der Waals surface area contributed by atoms with Crippen LogP contribution in [-0.4, -0.2) is 37.1 Å². The number of aliphatic hydroxyl groups is 1. The van der Waals surface area contributed by atoms with Gasteiger partial charge >= 0.3 is 0 Å². The summed E-state index contributed by atoms with van der Waals surface area (Å²) in [5.74, 6) is 0. The first kappa shape index (κ1) is 10.7. The lowest BCUT2D eigenvalue weighted by molar-refractivity contribution is -0.131. The Hall–Kier alpha value is -0.380. The van der Waals surface area contributed by atoms with E-state index in [9.17, 15) is 5.11 Å². The summed E-state index contributed by atoms with van der Waals surface area (Å²) in [6, 6.07) is 0. The zero-order chi connectivity index (χ0) is 9.68. The maximum atomic E-state index is 9.71. The molecule has 0 aromatic carbocycles. The van der Waals surface area contributed by atoms with E-state index in [0.717, 1.165) is 12.0 Å². The molecule has 0 aliphatic carbocycles. The van der Waals surface area contributed by atoms with Crippen molar-refractivity contribution in [1.82, 2.24) is 0 Å². The van der Waals surface area contributed by atoms with Crippen molar-refractivity contribution in [3.05, 3.63) is 12.2 Å². The van der Waals surface area contributed by atoms with E-state index in [1.807, 2.05) is 6.92 Å². The largest absolute Gasteiger partial charge is 0.390 e. The molecule has 1 saturated heterocycles. The molecule has 0 aromatic heterocycles. The van der Waals surface area contributed by atoms with Crippen LogP contribution in [-0.2, 0) is 9.47 Å². The van der Waals surface area contributed by atoms with Crippen LogP contribution in [0.1, 0.15) is 19.8 Å². The van der Waals surface area contributed by atoms with Crippen molar-refractivity contribution in [3.63, 3.8) is 0 Å². The van der Waals surface area contributed by atoms with Gasteiger partial charge in [-0.05, 0) is 12.8 Å². The number of ether oxygens (including phenoxy) is 2.